The van der Waals surface area contributed by atoms with Crippen LogP contribution in [-0.4, -0.2) is 21.0 Å². The van der Waals surface area contributed by atoms with Gasteiger partial charge in [-0.05, 0) is 6.07 Å². The van der Waals surface area contributed by atoms with Crippen LogP contribution in [0.5, 0.6) is 0 Å². The Bertz CT molecular complexity index is 623. The number of aryl methyl sites for hydroxylation is 1. The Morgan fingerprint density at radius 1 is 1.53 bits per heavy atom. The zero-order chi connectivity index (χ0) is 13.8. The Kier molecular flexibility index (Phi) is 3.51. The molecule has 1 amide bonds. The number of hydrogen-bond acceptors (Lipinski definition) is 6. The number of aromatic nitrogens is 2. The van der Waals surface area contributed by atoms with Crippen LogP contribution in [0, 0.1) is 17.0 Å². The van der Waals surface area contributed by atoms with Gasteiger partial charge in [-0.25, -0.2) is 0 Å². The number of nitro benzene ring substituents is 1. The molecule has 0 bridgehead atoms. The highest BCUT2D eigenvalue weighted by molar-refractivity contribution is 5.94. The van der Waals surface area contributed by atoms with Gasteiger partial charge in [-0.3, -0.25) is 14.9 Å². The maximum Gasteiger partial charge on any atom is 0.270 e. The van der Waals surface area contributed by atoms with Gasteiger partial charge in [0.25, 0.3) is 11.6 Å². The Morgan fingerprint density at radius 3 is 2.95 bits per heavy atom. The fraction of sp³-hybridized carbons (Fsp3) is 0.182. The number of carbonyl (C=O) groups excluding carboxylic acids is 1. The fourth-order valence-electron chi connectivity index (χ4n) is 1.44. The minimum absolute atomic E-state index is 0.0961. The van der Waals surface area contributed by atoms with Gasteiger partial charge in [-0.15, -0.1) is 0 Å². The van der Waals surface area contributed by atoms with Crippen LogP contribution in [0.1, 0.15) is 22.1 Å². The van der Waals surface area contributed by atoms with Crippen molar-refractivity contribution in [3.05, 3.63) is 51.7 Å². The Labute approximate surface area is 107 Å². The number of nitrogens with zero attached hydrogens (tertiary/aromatic N) is 3. The molecule has 0 unspecified atom stereocenters. The van der Waals surface area contributed by atoms with Crippen molar-refractivity contribution < 1.29 is 14.2 Å². The predicted octanol–water partition coefficient (Wildman–Crippen LogP) is 1.22. The number of amides is 1. The highest BCUT2D eigenvalue weighted by atomic mass is 16.6. The fourth-order valence-corrected chi connectivity index (χ4v) is 1.44. The molecule has 0 aliphatic rings. The molecular weight excluding hydrogens is 252 g/mol. The van der Waals surface area contributed by atoms with Crippen LogP contribution >= 0.6 is 0 Å². The van der Waals surface area contributed by atoms with Gasteiger partial charge in [0.1, 0.15) is 0 Å². The highest BCUT2D eigenvalue weighted by Gasteiger charge is 2.12. The van der Waals surface area contributed by atoms with Crippen molar-refractivity contribution in [2.45, 2.75) is 13.5 Å². The van der Waals surface area contributed by atoms with Crippen LogP contribution in [-0.2, 0) is 6.54 Å². The summed E-state index contributed by atoms with van der Waals surface area (Å²) in [6, 6.07) is 5.46. The monoisotopic (exact) mass is 262 g/mol. The SMILES string of the molecule is Cc1nc(CNC(=O)c2cccc([N+](=O)[O-])c2)no1. The van der Waals surface area contributed by atoms with E-state index in [0.29, 0.717) is 11.7 Å². The molecule has 8 nitrogen and oxygen atoms in total. The minimum atomic E-state index is -0.556. The van der Waals surface area contributed by atoms with Crippen LogP contribution in [0.3, 0.4) is 0 Å². The average molecular weight is 262 g/mol. The second-order valence-electron chi connectivity index (χ2n) is 3.72. The summed E-state index contributed by atoms with van der Waals surface area (Å²) in [6.07, 6.45) is 0. The van der Waals surface area contributed by atoms with Crippen LogP contribution < -0.4 is 5.32 Å². The molecule has 0 saturated carbocycles. The number of non-ortho nitro benzene ring substituents is 1. The van der Waals surface area contributed by atoms with Gasteiger partial charge in [-0.1, -0.05) is 11.2 Å². The summed E-state index contributed by atoms with van der Waals surface area (Å²) in [6.45, 7) is 1.73. The van der Waals surface area contributed by atoms with Crippen molar-refractivity contribution in [1.29, 1.82) is 0 Å². The molecule has 1 heterocycles. The standard InChI is InChI=1S/C11H10N4O4/c1-7-13-10(14-19-7)6-12-11(16)8-3-2-4-9(5-8)15(17)18/h2-5H,6H2,1H3,(H,12,16). The van der Waals surface area contributed by atoms with Crippen LogP contribution in [0.25, 0.3) is 0 Å². The average Bonchev–Trinajstić information content (AvgIpc) is 2.82. The van der Waals surface area contributed by atoms with E-state index in [1.54, 1.807) is 6.92 Å². The van der Waals surface area contributed by atoms with Gasteiger partial charge in [0, 0.05) is 24.6 Å². The quantitative estimate of drug-likeness (QED) is 0.654. The molecule has 2 aromatic rings. The lowest BCUT2D eigenvalue weighted by Gasteiger charge is -2.02. The molecule has 1 aromatic carbocycles. The third kappa shape index (κ3) is 3.12. The van der Waals surface area contributed by atoms with Gasteiger partial charge in [0.2, 0.25) is 5.89 Å². The third-order valence-electron chi connectivity index (χ3n) is 2.30. The van der Waals surface area contributed by atoms with Gasteiger partial charge in [0.15, 0.2) is 5.82 Å². The molecule has 0 atom stereocenters. The lowest BCUT2D eigenvalue weighted by atomic mass is 10.2. The molecule has 1 N–H and O–H groups in total. The lowest BCUT2D eigenvalue weighted by Crippen LogP contribution is -2.23. The van der Waals surface area contributed by atoms with E-state index < -0.39 is 10.8 Å². The van der Waals surface area contributed by atoms with Crippen molar-refractivity contribution in [2.75, 3.05) is 0 Å². The van der Waals surface area contributed by atoms with Crippen molar-refractivity contribution in [3.63, 3.8) is 0 Å². The maximum atomic E-state index is 11.8. The third-order valence-corrected chi connectivity index (χ3v) is 2.30. The molecular formula is C11H10N4O4. The number of nitro groups is 1. The smallest absolute Gasteiger partial charge is 0.270 e. The summed E-state index contributed by atoms with van der Waals surface area (Å²) in [5.74, 6) is 0.307. The van der Waals surface area contributed by atoms with E-state index in [1.807, 2.05) is 0 Å². The summed E-state index contributed by atoms with van der Waals surface area (Å²) in [4.78, 5) is 25.7. The zero-order valence-electron chi connectivity index (χ0n) is 9.99. The molecule has 0 fully saturated rings. The maximum absolute atomic E-state index is 11.8. The van der Waals surface area contributed by atoms with Crippen molar-refractivity contribution in [3.8, 4) is 0 Å². The second kappa shape index (κ2) is 5.25. The van der Waals surface area contributed by atoms with Gasteiger partial charge >= 0.3 is 0 Å². The molecule has 0 aliphatic carbocycles. The molecule has 1 aromatic heterocycles. The van der Waals surface area contributed by atoms with Crippen LogP contribution in [0.2, 0.25) is 0 Å². The first-order valence-electron chi connectivity index (χ1n) is 5.38. The van der Waals surface area contributed by atoms with Crippen LogP contribution in [0.15, 0.2) is 28.8 Å². The molecule has 98 valence electrons. The van der Waals surface area contributed by atoms with Crippen LogP contribution in [0.4, 0.5) is 5.69 Å². The first-order valence-corrected chi connectivity index (χ1v) is 5.38. The number of hydrogen-bond donors (Lipinski definition) is 1. The number of nitrogens with one attached hydrogen (secondary N) is 1. The van der Waals surface area contributed by atoms with E-state index in [4.69, 9.17) is 4.52 Å². The zero-order valence-corrected chi connectivity index (χ0v) is 9.99. The Hall–Kier alpha value is -2.77. The summed E-state index contributed by atoms with van der Waals surface area (Å²) in [5.41, 5.74) is 0.0671. The summed E-state index contributed by atoms with van der Waals surface area (Å²) in [7, 11) is 0. The minimum Gasteiger partial charge on any atom is -0.345 e. The first kappa shape index (κ1) is 12.7. The van der Waals surface area contributed by atoms with E-state index in [-0.39, 0.29) is 17.8 Å². The lowest BCUT2D eigenvalue weighted by molar-refractivity contribution is -0.384. The largest absolute Gasteiger partial charge is 0.345 e. The Morgan fingerprint density at radius 2 is 2.32 bits per heavy atom. The van der Waals surface area contributed by atoms with E-state index >= 15 is 0 Å². The van der Waals surface area contributed by atoms with E-state index in [9.17, 15) is 14.9 Å². The normalized spacial score (nSPS) is 10.2. The van der Waals surface area contributed by atoms with E-state index in [2.05, 4.69) is 15.5 Å². The summed E-state index contributed by atoms with van der Waals surface area (Å²) in [5, 5.41) is 16.8. The van der Waals surface area contributed by atoms with Crippen molar-refractivity contribution in [1.82, 2.24) is 15.5 Å². The van der Waals surface area contributed by atoms with Crippen molar-refractivity contribution in [2.24, 2.45) is 0 Å². The number of carbonyl (C=O) groups is 1. The highest BCUT2D eigenvalue weighted by Crippen LogP contribution is 2.12. The molecule has 0 aliphatic heterocycles. The van der Waals surface area contributed by atoms with E-state index in [1.165, 1.54) is 24.3 Å². The Balaban J connectivity index is 2.03. The van der Waals surface area contributed by atoms with Crippen molar-refractivity contribution >= 4 is 11.6 Å². The number of benzene rings is 1. The molecule has 0 spiro atoms. The van der Waals surface area contributed by atoms with Gasteiger partial charge < -0.3 is 9.84 Å². The first-order chi connectivity index (χ1) is 9.06. The van der Waals surface area contributed by atoms with Gasteiger partial charge in [0.05, 0.1) is 11.5 Å². The number of rotatable bonds is 4. The van der Waals surface area contributed by atoms with Gasteiger partial charge in [-0.2, -0.15) is 4.98 Å². The molecule has 2 rings (SSSR count). The second-order valence-corrected chi connectivity index (χ2v) is 3.72. The van der Waals surface area contributed by atoms with E-state index in [0.717, 1.165) is 0 Å². The molecule has 19 heavy (non-hydrogen) atoms. The summed E-state index contributed by atoms with van der Waals surface area (Å²) >= 11 is 0. The molecule has 0 saturated heterocycles. The molecule has 8 heteroatoms. The predicted molar refractivity (Wildman–Crippen MR) is 63.3 cm³/mol. The summed E-state index contributed by atoms with van der Waals surface area (Å²) < 4.78 is 4.75. The topological polar surface area (TPSA) is 111 Å². The molecule has 0 radical (unpaired) electrons.